The predicted octanol–water partition coefficient (Wildman–Crippen LogP) is 4.12. The topological polar surface area (TPSA) is 29.3 Å². The Morgan fingerprint density at radius 1 is 1.30 bits per heavy atom. The molecule has 0 saturated heterocycles. The van der Waals surface area contributed by atoms with E-state index in [-0.39, 0.29) is 6.04 Å². The van der Waals surface area contributed by atoms with E-state index in [1.165, 1.54) is 4.90 Å². The molecule has 20 heavy (non-hydrogen) atoms. The van der Waals surface area contributed by atoms with Crippen LogP contribution in [0.4, 0.5) is 18.9 Å². The molecule has 0 amide bonds. The number of alkyl halides is 3. The average Bonchev–Trinajstić information content (AvgIpc) is 2.35. The number of halogens is 4. The van der Waals surface area contributed by atoms with Crippen molar-refractivity contribution < 1.29 is 13.2 Å². The van der Waals surface area contributed by atoms with E-state index in [1.54, 1.807) is 13.0 Å². The summed E-state index contributed by atoms with van der Waals surface area (Å²) < 4.78 is 38.3. The Morgan fingerprint density at radius 3 is 2.40 bits per heavy atom. The molecule has 0 aliphatic carbocycles. The summed E-state index contributed by atoms with van der Waals surface area (Å²) in [5, 5.41) is 0. The summed E-state index contributed by atoms with van der Waals surface area (Å²) in [6.07, 6.45) is -2.62. The molecule has 0 fully saturated rings. The molecule has 6 heteroatoms. The number of nitrogens with zero attached hydrogens (tertiary/aromatic N) is 1. The number of hydrogen-bond donors (Lipinski definition) is 1. The normalized spacial score (nSPS) is 13.3. The molecule has 1 unspecified atom stereocenters. The van der Waals surface area contributed by atoms with Gasteiger partial charge in [-0.05, 0) is 53.4 Å². The van der Waals surface area contributed by atoms with Gasteiger partial charge in [0.25, 0.3) is 0 Å². The molecular formula is C14H20BrF3N2. The highest BCUT2D eigenvalue weighted by molar-refractivity contribution is 9.10. The summed E-state index contributed by atoms with van der Waals surface area (Å²) in [4.78, 5) is 1.30. The zero-order chi connectivity index (χ0) is 15.3. The first kappa shape index (κ1) is 17.3. The first-order valence-electron chi connectivity index (χ1n) is 6.62. The van der Waals surface area contributed by atoms with E-state index in [1.807, 2.05) is 19.1 Å². The molecule has 0 spiro atoms. The third kappa shape index (κ3) is 5.32. The molecule has 1 aromatic carbocycles. The van der Waals surface area contributed by atoms with Crippen LogP contribution in [0.5, 0.6) is 0 Å². The summed E-state index contributed by atoms with van der Waals surface area (Å²) in [7, 11) is 0. The van der Waals surface area contributed by atoms with Gasteiger partial charge in [-0.3, -0.25) is 0 Å². The minimum Gasteiger partial charge on any atom is -0.362 e. The highest BCUT2D eigenvalue weighted by atomic mass is 79.9. The lowest BCUT2D eigenvalue weighted by atomic mass is 10.0. The molecule has 2 N–H and O–H groups in total. The van der Waals surface area contributed by atoms with E-state index in [2.05, 4.69) is 15.9 Å². The van der Waals surface area contributed by atoms with Crippen molar-refractivity contribution in [2.24, 2.45) is 5.73 Å². The van der Waals surface area contributed by atoms with Crippen LogP contribution < -0.4 is 10.6 Å². The molecule has 0 aliphatic rings. The molecule has 0 aliphatic heterocycles. The second-order valence-corrected chi connectivity index (χ2v) is 5.64. The first-order valence-corrected chi connectivity index (χ1v) is 7.41. The van der Waals surface area contributed by atoms with Gasteiger partial charge in [0.15, 0.2) is 0 Å². The van der Waals surface area contributed by atoms with Crippen LogP contribution in [0.15, 0.2) is 22.7 Å². The third-order valence-corrected chi connectivity index (χ3v) is 3.76. The highest BCUT2D eigenvalue weighted by Gasteiger charge is 2.30. The molecule has 0 bridgehead atoms. The molecule has 2 nitrogen and oxygen atoms in total. The SMILES string of the molecule is CCC(N)Cc1ccc(N(CC)CC(F)(F)F)c(Br)c1. The van der Waals surface area contributed by atoms with Crippen LogP contribution >= 0.6 is 15.9 Å². The zero-order valence-electron chi connectivity index (χ0n) is 11.7. The maximum Gasteiger partial charge on any atom is 0.405 e. The summed E-state index contributed by atoms with van der Waals surface area (Å²) in [5.41, 5.74) is 7.47. The number of rotatable bonds is 6. The van der Waals surface area contributed by atoms with E-state index in [9.17, 15) is 13.2 Å². The third-order valence-electron chi connectivity index (χ3n) is 3.13. The van der Waals surface area contributed by atoms with Gasteiger partial charge in [-0.1, -0.05) is 13.0 Å². The fourth-order valence-corrected chi connectivity index (χ4v) is 2.64. The summed E-state index contributed by atoms with van der Waals surface area (Å²) in [5.74, 6) is 0. The number of anilines is 1. The Hall–Kier alpha value is -0.750. The molecule has 114 valence electrons. The average molecular weight is 353 g/mol. The van der Waals surface area contributed by atoms with E-state index in [0.29, 0.717) is 16.7 Å². The fourth-order valence-electron chi connectivity index (χ4n) is 1.96. The van der Waals surface area contributed by atoms with Gasteiger partial charge in [-0.25, -0.2) is 0 Å². The van der Waals surface area contributed by atoms with Gasteiger partial charge in [0.1, 0.15) is 6.54 Å². The monoisotopic (exact) mass is 352 g/mol. The lowest BCUT2D eigenvalue weighted by molar-refractivity contribution is -0.119. The summed E-state index contributed by atoms with van der Waals surface area (Å²) >= 11 is 3.36. The Balaban J connectivity index is 2.90. The maximum atomic E-state index is 12.5. The minimum absolute atomic E-state index is 0.0743. The van der Waals surface area contributed by atoms with E-state index >= 15 is 0 Å². The van der Waals surface area contributed by atoms with Crippen molar-refractivity contribution in [3.8, 4) is 0 Å². The molecule has 1 aromatic rings. The molecule has 1 rings (SSSR count). The quantitative estimate of drug-likeness (QED) is 0.834. The van der Waals surface area contributed by atoms with Crippen molar-refractivity contribution >= 4 is 21.6 Å². The molecule has 0 heterocycles. The van der Waals surface area contributed by atoms with Crippen LogP contribution in [0.2, 0.25) is 0 Å². The van der Waals surface area contributed by atoms with Crippen molar-refractivity contribution in [3.63, 3.8) is 0 Å². The van der Waals surface area contributed by atoms with Gasteiger partial charge >= 0.3 is 6.18 Å². The number of benzene rings is 1. The lowest BCUT2D eigenvalue weighted by Crippen LogP contribution is -2.34. The van der Waals surface area contributed by atoms with E-state index in [0.717, 1.165) is 18.4 Å². The zero-order valence-corrected chi connectivity index (χ0v) is 13.3. The van der Waals surface area contributed by atoms with Crippen molar-refractivity contribution in [1.29, 1.82) is 0 Å². The smallest absolute Gasteiger partial charge is 0.362 e. The Labute approximate surface area is 126 Å². The van der Waals surface area contributed by atoms with E-state index in [4.69, 9.17) is 5.73 Å². The van der Waals surface area contributed by atoms with Gasteiger partial charge in [-0.15, -0.1) is 0 Å². The molecular weight excluding hydrogens is 333 g/mol. The molecule has 0 saturated carbocycles. The van der Waals surface area contributed by atoms with Crippen molar-refractivity contribution in [2.75, 3.05) is 18.0 Å². The Morgan fingerprint density at radius 2 is 1.95 bits per heavy atom. The Bertz CT molecular complexity index is 435. The van der Waals surface area contributed by atoms with Crippen molar-refractivity contribution in [1.82, 2.24) is 0 Å². The highest BCUT2D eigenvalue weighted by Crippen LogP contribution is 2.30. The van der Waals surface area contributed by atoms with Gasteiger partial charge in [0.2, 0.25) is 0 Å². The maximum absolute atomic E-state index is 12.5. The van der Waals surface area contributed by atoms with Crippen molar-refractivity contribution in [2.45, 2.75) is 38.9 Å². The van der Waals surface area contributed by atoms with Gasteiger partial charge in [0, 0.05) is 17.1 Å². The standard InChI is InChI=1S/C14H20BrF3N2/c1-3-11(19)7-10-5-6-13(12(15)8-10)20(4-2)9-14(16,17)18/h5-6,8,11H,3-4,7,9,19H2,1-2H3. The first-order chi connectivity index (χ1) is 9.26. The molecule has 0 aromatic heterocycles. The van der Waals surface area contributed by atoms with Gasteiger partial charge < -0.3 is 10.6 Å². The largest absolute Gasteiger partial charge is 0.405 e. The number of hydrogen-bond acceptors (Lipinski definition) is 2. The van der Waals surface area contributed by atoms with Crippen LogP contribution in [0.1, 0.15) is 25.8 Å². The lowest BCUT2D eigenvalue weighted by Gasteiger charge is -2.26. The van der Waals surface area contributed by atoms with Crippen LogP contribution in [0.25, 0.3) is 0 Å². The van der Waals surface area contributed by atoms with Crippen LogP contribution in [-0.2, 0) is 6.42 Å². The van der Waals surface area contributed by atoms with Crippen molar-refractivity contribution in [3.05, 3.63) is 28.2 Å². The van der Waals surface area contributed by atoms with Crippen LogP contribution in [0, 0.1) is 0 Å². The second-order valence-electron chi connectivity index (χ2n) is 4.79. The number of nitrogens with two attached hydrogens (primary N) is 1. The predicted molar refractivity (Wildman–Crippen MR) is 80.1 cm³/mol. The molecule has 0 radical (unpaired) electrons. The van der Waals surface area contributed by atoms with Gasteiger partial charge in [0.05, 0.1) is 5.69 Å². The van der Waals surface area contributed by atoms with Gasteiger partial charge in [-0.2, -0.15) is 13.2 Å². The second kappa shape index (κ2) is 7.31. The van der Waals surface area contributed by atoms with Crippen LogP contribution in [-0.4, -0.2) is 25.3 Å². The van der Waals surface area contributed by atoms with Crippen LogP contribution in [0.3, 0.4) is 0 Å². The molecule has 1 atom stereocenters. The minimum atomic E-state index is -4.21. The Kier molecular flexibility index (Phi) is 6.33. The summed E-state index contributed by atoms with van der Waals surface area (Å²) in [6, 6.07) is 5.49. The van der Waals surface area contributed by atoms with E-state index < -0.39 is 12.7 Å². The fraction of sp³-hybridized carbons (Fsp3) is 0.571. The summed E-state index contributed by atoms with van der Waals surface area (Å²) in [6.45, 7) is 3.07.